The monoisotopic (exact) mass is 303 g/mol. The van der Waals surface area contributed by atoms with E-state index < -0.39 is 11.4 Å². The Bertz CT molecular complexity index is 599. The number of aromatic nitrogens is 1. The zero-order valence-corrected chi connectivity index (χ0v) is 13.0. The molecule has 1 aromatic rings. The van der Waals surface area contributed by atoms with Gasteiger partial charge in [0.2, 0.25) is 0 Å². The number of fused-ring (bicyclic) bond motifs is 1. The molecule has 0 spiro atoms. The molecule has 0 bridgehead atoms. The molecule has 2 fully saturated rings. The zero-order valence-electron chi connectivity index (χ0n) is 13.0. The Labute approximate surface area is 129 Å². The molecule has 1 aliphatic carbocycles. The van der Waals surface area contributed by atoms with Gasteiger partial charge in [0.05, 0.1) is 11.0 Å². The van der Waals surface area contributed by atoms with Gasteiger partial charge < -0.3 is 14.9 Å². The Morgan fingerprint density at radius 3 is 2.73 bits per heavy atom. The Balaban J connectivity index is 1.79. The first kappa shape index (κ1) is 14.8. The van der Waals surface area contributed by atoms with E-state index in [-0.39, 0.29) is 11.8 Å². The van der Waals surface area contributed by atoms with Crippen LogP contribution in [0.15, 0.2) is 18.3 Å². The highest BCUT2D eigenvalue weighted by molar-refractivity contribution is 5.93. The van der Waals surface area contributed by atoms with Crippen molar-refractivity contribution in [2.24, 2.45) is 11.3 Å². The van der Waals surface area contributed by atoms with Crippen molar-refractivity contribution in [1.82, 2.24) is 9.88 Å². The molecule has 1 aromatic heterocycles. The summed E-state index contributed by atoms with van der Waals surface area (Å²) in [6.07, 6.45) is 4.29. The van der Waals surface area contributed by atoms with Gasteiger partial charge in [0.1, 0.15) is 5.82 Å². The highest BCUT2D eigenvalue weighted by Crippen LogP contribution is 2.49. The van der Waals surface area contributed by atoms with Gasteiger partial charge >= 0.3 is 5.97 Å². The van der Waals surface area contributed by atoms with Crippen molar-refractivity contribution in [2.45, 2.75) is 19.3 Å². The van der Waals surface area contributed by atoms with Crippen molar-refractivity contribution in [1.29, 1.82) is 0 Å². The third-order valence-corrected chi connectivity index (χ3v) is 5.02. The van der Waals surface area contributed by atoms with Gasteiger partial charge in [0.25, 0.3) is 5.91 Å². The van der Waals surface area contributed by atoms with Crippen LogP contribution in [-0.4, -0.2) is 54.1 Å². The topological polar surface area (TPSA) is 73.7 Å². The first-order valence-corrected chi connectivity index (χ1v) is 7.60. The quantitative estimate of drug-likeness (QED) is 0.915. The van der Waals surface area contributed by atoms with Crippen LogP contribution in [0.1, 0.15) is 29.6 Å². The molecule has 0 radical (unpaired) electrons. The van der Waals surface area contributed by atoms with Crippen LogP contribution in [0.5, 0.6) is 0 Å². The van der Waals surface area contributed by atoms with E-state index in [4.69, 9.17) is 0 Å². The van der Waals surface area contributed by atoms with Gasteiger partial charge in [-0.05, 0) is 30.9 Å². The second-order valence-corrected chi connectivity index (χ2v) is 6.54. The number of hydrogen-bond donors (Lipinski definition) is 1. The molecular weight excluding hydrogens is 282 g/mol. The second kappa shape index (κ2) is 5.26. The summed E-state index contributed by atoms with van der Waals surface area (Å²) >= 11 is 0. The Hall–Kier alpha value is -2.11. The van der Waals surface area contributed by atoms with Crippen molar-refractivity contribution in [3.8, 4) is 0 Å². The number of amides is 1. The van der Waals surface area contributed by atoms with Crippen molar-refractivity contribution >= 4 is 17.7 Å². The Morgan fingerprint density at radius 2 is 2.18 bits per heavy atom. The minimum atomic E-state index is -0.683. The lowest BCUT2D eigenvalue weighted by Gasteiger charge is -2.23. The predicted octanol–water partition coefficient (Wildman–Crippen LogP) is 1.47. The Morgan fingerprint density at radius 1 is 1.41 bits per heavy atom. The summed E-state index contributed by atoms with van der Waals surface area (Å²) in [6.45, 7) is 1.25. The van der Waals surface area contributed by atoms with Crippen molar-refractivity contribution in [3.63, 3.8) is 0 Å². The molecule has 6 nitrogen and oxygen atoms in total. The lowest BCUT2D eigenvalue weighted by molar-refractivity contribution is -0.149. The van der Waals surface area contributed by atoms with Crippen LogP contribution in [0.3, 0.4) is 0 Å². The van der Waals surface area contributed by atoms with E-state index >= 15 is 0 Å². The largest absolute Gasteiger partial charge is 0.481 e. The molecule has 2 atom stereocenters. The van der Waals surface area contributed by atoms with E-state index in [1.54, 1.807) is 26.4 Å². The van der Waals surface area contributed by atoms with Gasteiger partial charge in [-0.25, -0.2) is 4.98 Å². The van der Waals surface area contributed by atoms with E-state index in [1.165, 1.54) is 4.90 Å². The molecule has 3 rings (SSSR count). The summed E-state index contributed by atoms with van der Waals surface area (Å²) in [5.74, 6) is 0.191. The molecule has 118 valence electrons. The SMILES string of the molecule is CN(C)C(=O)c1ccc(N2C[C@@H]3CCC[C@@]3(C(=O)O)C2)nc1. The first-order chi connectivity index (χ1) is 10.4. The van der Waals surface area contributed by atoms with Crippen LogP contribution in [0.25, 0.3) is 0 Å². The van der Waals surface area contributed by atoms with Crippen LogP contribution in [-0.2, 0) is 4.79 Å². The maximum atomic E-state index is 11.9. The molecule has 2 aliphatic rings. The van der Waals surface area contributed by atoms with Crippen LogP contribution < -0.4 is 4.90 Å². The maximum Gasteiger partial charge on any atom is 0.311 e. The molecule has 22 heavy (non-hydrogen) atoms. The fourth-order valence-electron chi connectivity index (χ4n) is 3.77. The number of carboxylic acid groups (broad SMARTS) is 1. The summed E-state index contributed by atoms with van der Waals surface area (Å²) in [4.78, 5) is 31.5. The first-order valence-electron chi connectivity index (χ1n) is 7.60. The maximum absolute atomic E-state index is 11.9. The number of carbonyl (C=O) groups excluding carboxylic acids is 1. The van der Waals surface area contributed by atoms with Gasteiger partial charge in [-0.15, -0.1) is 0 Å². The normalized spacial score (nSPS) is 26.8. The van der Waals surface area contributed by atoms with Crippen LogP contribution >= 0.6 is 0 Å². The average Bonchev–Trinajstić information content (AvgIpc) is 3.04. The van der Waals surface area contributed by atoms with E-state index in [0.29, 0.717) is 12.1 Å². The summed E-state index contributed by atoms with van der Waals surface area (Å²) in [6, 6.07) is 3.57. The van der Waals surface area contributed by atoms with Crippen molar-refractivity contribution < 1.29 is 14.7 Å². The summed E-state index contributed by atoms with van der Waals surface area (Å²) in [5, 5.41) is 9.62. The lowest BCUT2D eigenvalue weighted by atomic mass is 9.81. The number of carbonyl (C=O) groups is 2. The average molecular weight is 303 g/mol. The minimum absolute atomic E-state index is 0.0839. The molecule has 0 aromatic carbocycles. The van der Waals surface area contributed by atoms with Crippen molar-refractivity contribution in [2.75, 3.05) is 32.1 Å². The summed E-state index contributed by atoms with van der Waals surface area (Å²) in [5.41, 5.74) is -0.0686. The standard InChI is InChI=1S/C16H21N3O3/c1-18(2)14(20)11-5-6-13(17-8-11)19-9-12-4-3-7-16(12,10-19)15(21)22/h5-6,8,12H,3-4,7,9-10H2,1-2H3,(H,21,22)/t12-,16+/m0/s1. The number of aliphatic carboxylic acids is 1. The number of anilines is 1. The third kappa shape index (κ3) is 2.23. The van der Waals surface area contributed by atoms with Crippen LogP contribution in [0, 0.1) is 11.3 Å². The number of pyridine rings is 1. The molecule has 1 aliphatic heterocycles. The highest BCUT2D eigenvalue weighted by atomic mass is 16.4. The highest BCUT2D eigenvalue weighted by Gasteiger charge is 2.55. The molecule has 1 saturated carbocycles. The smallest absolute Gasteiger partial charge is 0.311 e. The van der Waals surface area contributed by atoms with Gasteiger partial charge in [-0.3, -0.25) is 9.59 Å². The molecule has 1 saturated heterocycles. The number of nitrogens with zero attached hydrogens (tertiary/aromatic N) is 3. The third-order valence-electron chi connectivity index (χ3n) is 5.02. The van der Waals surface area contributed by atoms with Crippen LogP contribution in [0.2, 0.25) is 0 Å². The molecule has 2 heterocycles. The van der Waals surface area contributed by atoms with Gasteiger partial charge in [0, 0.05) is 33.4 Å². The van der Waals surface area contributed by atoms with Gasteiger partial charge in [0.15, 0.2) is 0 Å². The van der Waals surface area contributed by atoms with E-state index in [2.05, 4.69) is 4.98 Å². The Kier molecular flexibility index (Phi) is 3.54. The van der Waals surface area contributed by atoms with E-state index in [0.717, 1.165) is 31.6 Å². The molecule has 6 heteroatoms. The number of rotatable bonds is 3. The zero-order chi connectivity index (χ0) is 15.9. The molecule has 0 unspecified atom stereocenters. The van der Waals surface area contributed by atoms with E-state index in [9.17, 15) is 14.7 Å². The lowest BCUT2D eigenvalue weighted by Crippen LogP contribution is -2.35. The molecular formula is C16H21N3O3. The number of hydrogen-bond acceptors (Lipinski definition) is 4. The van der Waals surface area contributed by atoms with Gasteiger partial charge in [-0.2, -0.15) is 0 Å². The van der Waals surface area contributed by atoms with E-state index in [1.807, 2.05) is 11.0 Å². The fraction of sp³-hybridized carbons (Fsp3) is 0.562. The summed E-state index contributed by atoms with van der Waals surface area (Å²) in [7, 11) is 3.41. The molecule has 1 amide bonds. The number of carboxylic acids is 1. The minimum Gasteiger partial charge on any atom is -0.481 e. The van der Waals surface area contributed by atoms with Crippen LogP contribution in [0.4, 0.5) is 5.82 Å². The summed E-state index contributed by atoms with van der Waals surface area (Å²) < 4.78 is 0. The molecule has 1 N–H and O–H groups in total. The van der Waals surface area contributed by atoms with Crippen molar-refractivity contribution in [3.05, 3.63) is 23.9 Å². The fourth-order valence-corrected chi connectivity index (χ4v) is 3.77. The predicted molar refractivity (Wildman–Crippen MR) is 81.9 cm³/mol. The van der Waals surface area contributed by atoms with Gasteiger partial charge in [-0.1, -0.05) is 6.42 Å². The second-order valence-electron chi connectivity index (χ2n) is 6.54.